The Bertz CT molecular complexity index is 1330. The Kier molecular flexibility index (Phi) is 4.52. The first-order valence-electron chi connectivity index (χ1n) is 14.2. The van der Waals surface area contributed by atoms with E-state index in [0.29, 0.717) is 12.6 Å². The molecule has 5 nitrogen and oxygen atoms in total. The minimum Gasteiger partial charge on any atom is -0.485 e. The minimum atomic E-state index is -0.730. The quantitative estimate of drug-likeness (QED) is 0.642. The first kappa shape index (κ1) is 22.4. The zero-order chi connectivity index (χ0) is 25.0. The number of rotatable bonds is 6. The molecule has 2 heterocycles. The van der Waals surface area contributed by atoms with Crippen LogP contribution >= 0.6 is 0 Å². The zero-order valence-electron chi connectivity index (χ0n) is 21.9. The zero-order valence-corrected chi connectivity index (χ0v) is 21.9. The molecule has 1 amide bonds. The molecule has 192 valence electrons. The number of fused-ring (bicyclic) bond motifs is 1. The molecule has 37 heavy (non-hydrogen) atoms. The number of methoxy groups -OCH3 is 1. The lowest BCUT2D eigenvalue weighted by atomic mass is 9.37. The van der Waals surface area contributed by atoms with E-state index in [4.69, 9.17) is 9.47 Å². The molecule has 5 atom stereocenters. The van der Waals surface area contributed by atoms with Gasteiger partial charge in [0, 0.05) is 42.8 Å². The average molecular weight is 497 g/mol. The number of aryl methyl sites for hydroxylation is 1. The topological polar surface area (TPSA) is 50.8 Å². The van der Waals surface area contributed by atoms with Gasteiger partial charge in [-0.15, -0.1) is 0 Å². The molecule has 0 aromatic heterocycles. The van der Waals surface area contributed by atoms with Crippen molar-refractivity contribution in [2.75, 3.05) is 20.2 Å². The highest BCUT2D eigenvalue weighted by molar-refractivity contribution is 5.97. The van der Waals surface area contributed by atoms with Crippen LogP contribution in [0, 0.1) is 18.3 Å². The third-order valence-electron chi connectivity index (χ3n) is 10.9. The number of hydrogen-bond donors (Lipinski definition) is 1. The van der Waals surface area contributed by atoms with Crippen LogP contribution in [0.2, 0.25) is 0 Å². The van der Waals surface area contributed by atoms with Crippen molar-refractivity contribution in [1.29, 1.82) is 0 Å². The van der Waals surface area contributed by atoms with Crippen molar-refractivity contribution >= 4 is 5.91 Å². The molecule has 3 fully saturated rings. The second kappa shape index (κ2) is 7.48. The Hall–Kier alpha value is -2.63. The summed E-state index contributed by atoms with van der Waals surface area (Å²) in [7, 11) is 1.79. The lowest BCUT2D eigenvalue weighted by Crippen LogP contribution is -2.78. The maximum absolute atomic E-state index is 14.0. The van der Waals surface area contributed by atoms with E-state index in [1.807, 2.05) is 18.2 Å². The van der Waals surface area contributed by atoms with Crippen LogP contribution in [0.1, 0.15) is 54.4 Å². The summed E-state index contributed by atoms with van der Waals surface area (Å²) in [5.74, 6) is 1.91. The molecule has 2 aliphatic heterocycles. The van der Waals surface area contributed by atoms with Gasteiger partial charge in [0.25, 0.3) is 0 Å². The SMILES string of the molecule is CO[C@]12CC[C@@]3(C=C1C(=O)NCc1ccccc1)[C@H]1Cc4ccc(C)c5c4[C@@]3(CCN1CC1CC1)[C@H]2O5. The number of carbonyl (C=O) groups is 1. The molecule has 2 aromatic carbocycles. The summed E-state index contributed by atoms with van der Waals surface area (Å²) in [6.07, 6.45) is 8.97. The van der Waals surface area contributed by atoms with E-state index in [1.54, 1.807) is 7.11 Å². The Morgan fingerprint density at radius 2 is 1.97 bits per heavy atom. The van der Waals surface area contributed by atoms with Gasteiger partial charge >= 0.3 is 0 Å². The van der Waals surface area contributed by atoms with E-state index in [2.05, 4.69) is 47.5 Å². The lowest BCUT2D eigenvalue weighted by molar-refractivity contribution is -0.196. The number of amides is 1. The molecule has 2 spiro atoms. The van der Waals surface area contributed by atoms with Crippen molar-refractivity contribution in [3.8, 4) is 5.75 Å². The van der Waals surface area contributed by atoms with E-state index in [9.17, 15) is 4.79 Å². The molecule has 5 aliphatic carbocycles. The lowest BCUT2D eigenvalue weighted by Gasteiger charge is -2.70. The van der Waals surface area contributed by atoms with Crippen molar-refractivity contribution in [2.24, 2.45) is 11.3 Å². The van der Waals surface area contributed by atoms with Crippen LogP contribution < -0.4 is 10.1 Å². The molecule has 9 rings (SSSR count). The Morgan fingerprint density at radius 3 is 2.76 bits per heavy atom. The third-order valence-corrected chi connectivity index (χ3v) is 10.9. The van der Waals surface area contributed by atoms with Crippen molar-refractivity contribution in [3.63, 3.8) is 0 Å². The molecule has 0 radical (unpaired) electrons. The van der Waals surface area contributed by atoms with Crippen molar-refractivity contribution < 1.29 is 14.3 Å². The largest absolute Gasteiger partial charge is 0.485 e. The smallest absolute Gasteiger partial charge is 0.250 e. The Morgan fingerprint density at radius 1 is 1.14 bits per heavy atom. The standard InChI is InChI=1S/C32H36N2O3/c1-20-8-11-23-16-25-30-12-13-32(36-2,24(17-30)28(35)33-18-21-6-4-3-5-7-21)29-31(30,26(23)27(20)37-29)14-15-34(25)19-22-9-10-22/h3-8,11,17,22,25,29H,9-10,12-16,18-19H2,1-2H3,(H,33,35)/t25-,29-,30-,31+,32-/m1/s1. The van der Waals surface area contributed by atoms with Gasteiger partial charge in [-0.2, -0.15) is 0 Å². The molecule has 5 heteroatoms. The number of carbonyl (C=O) groups excluding carboxylic acids is 1. The summed E-state index contributed by atoms with van der Waals surface area (Å²) in [4.78, 5) is 16.8. The van der Waals surface area contributed by atoms with E-state index >= 15 is 0 Å². The van der Waals surface area contributed by atoms with Crippen molar-refractivity contribution in [3.05, 3.63) is 76.4 Å². The maximum atomic E-state index is 14.0. The minimum absolute atomic E-state index is 0.00600. The average Bonchev–Trinajstić information content (AvgIpc) is 3.67. The van der Waals surface area contributed by atoms with Crippen molar-refractivity contribution in [2.45, 2.75) is 75.2 Å². The van der Waals surface area contributed by atoms with Crippen LogP contribution in [0.5, 0.6) is 5.75 Å². The summed E-state index contributed by atoms with van der Waals surface area (Å²) < 4.78 is 13.5. The summed E-state index contributed by atoms with van der Waals surface area (Å²) in [6, 6.07) is 15.2. The normalized spacial score (nSPS) is 36.5. The molecule has 0 unspecified atom stereocenters. The third kappa shape index (κ3) is 2.70. The fourth-order valence-corrected chi connectivity index (χ4v) is 9.13. The number of nitrogens with zero attached hydrogens (tertiary/aromatic N) is 1. The number of nitrogens with one attached hydrogen (secondary N) is 1. The first-order chi connectivity index (χ1) is 18.0. The van der Waals surface area contributed by atoms with E-state index in [1.165, 1.54) is 36.1 Å². The molecule has 7 aliphatic rings. The van der Waals surface area contributed by atoms with Gasteiger partial charge in [0.1, 0.15) is 17.5 Å². The van der Waals surface area contributed by atoms with Gasteiger partial charge in [-0.3, -0.25) is 9.69 Å². The number of likely N-dealkylation sites (tertiary alicyclic amines) is 1. The van der Waals surface area contributed by atoms with Gasteiger partial charge in [-0.1, -0.05) is 48.5 Å². The molecule has 2 aromatic rings. The summed E-state index contributed by atoms with van der Waals surface area (Å²) in [5, 5.41) is 3.24. The Balaban J connectivity index is 1.28. The van der Waals surface area contributed by atoms with E-state index < -0.39 is 5.60 Å². The number of benzene rings is 2. The van der Waals surface area contributed by atoms with Gasteiger partial charge in [0.15, 0.2) is 0 Å². The van der Waals surface area contributed by atoms with Crippen LogP contribution in [-0.2, 0) is 27.9 Å². The second-order valence-corrected chi connectivity index (χ2v) is 12.5. The van der Waals surface area contributed by atoms with Gasteiger partial charge < -0.3 is 14.8 Å². The number of hydrogen-bond acceptors (Lipinski definition) is 4. The molecular formula is C32H36N2O3. The van der Waals surface area contributed by atoms with Gasteiger partial charge in [0.2, 0.25) is 5.91 Å². The summed E-state index contributed by atoms with van der Waals surface area (Å²) in [6.45, 7) is 4.99. The van der Waals surface area contributed by atoms with Crippen LogP contribution in [0.15, 0.2) is 54.1 Å². The molecular weight excluding hydrogens is 460 g/mol. The van der Waals surface area contributed by atoms with Crippen LogP contribution in [-0.4, -0.2) is 48.8 Å². The highest BCUT2D eigenvalue weighted by Gasteiger charge is 2.79. The number of ether oxygens (including phenoxy) is 2. The van der Waals surface area contributed by atoms with Crippen LogP contribution in [0.4, 0.5) is 0 Å². The Labute approximate surface area is 219 Å². The summed E-state index contributed by atoms with van der Waals surface area (Å²) >= 11 is 0. The van der Waals surface area contributed by atoms with Crippen molar-refractivity contribution in [1.82, 2.24) is 10.2 Å². The van der Waals surface area contributed by atoms with Gasteiger partial charge in [0.05, 0.1) is 5.41 Å². The van der Waals surface area contributed by atoms with E-state index in [-0.39, 0.29) is 22.8 Å². The van der Waals surface area contributed by atoms with Crippen LogP contribution in [0.3, 0.4) is 0 Å². The monoisotopic (exact) mass is 496 g/mol. The molecule has 1 N–H and O–H groups in total. The van der Waals surface area contributed by atoms with E-state index in [0.717, 1.165) is 55.0 Å². The molecule has 2 saturated carbocycles. The second-order valence-electron chi connectivity index (χ2n) is 12.5. The van der Waals surface area contributed by atoms with Gasteiger partial charge in [-0.25, -0.2) is 0 Å². The predicted molar refractivity (Wildman–Crippen MR) is 141 cm³/mol. The highest BCUT2D eigenvalue weighted by atomic mass is 16.6. The predicted octanol–water partition coefficient (Wildman–Crippen LogP) is 4.46. The number of piperidine rings is 1. The summed E-state index contributed by atoms with van der Waals surface area (Å²) in [5.41, 5.74) is 5.06. The molecule has 1 saturated heterocycles. The fraction of sp³-hybridized carbons (Fsp3) is 0.531. The molecule has 4 bridgehead atoms. The highest BCUT2D eigenvalue weighted by Crippen LogP contribution is 2.74. The van der Waals surface area contributed by atoms with Crippen LogP contribution in [0.25, 0.3) is 0 Å². The van der Waals surface area contributed by atoms with Gasteiger partial charge in [-0.05, 0) is 74.6 Å². The fourth-order valence-electron chi connectivity index (χ4n) is 9.13. The maximum Gasteiger partial charge on any atom is 0.250 e. The first-order valence-corrected chi connectivity index (χ1v) is 14.2.